The number of aromatic nitrogens is 5. The van der Waals surface area contributed by atoms with Crippen LogP contribution in [-0.2, 0) is 14.1 Å². The number of hydrogen-bond acceptors (Lipinski definition) is 5. The lowest BCUT2D eigenvalue weighted by molar-refractivity contribution is 0.703. The summed E-state index contributed by atoms with van der Waals surface area (Å²) in [5, 5.41) is 7.69. The maximum atomic E-state index is 4.79. The average molecular weight is 390 g/mol. The Balaban J connectivity index is 1.64. The smallest absolute Gasteiger partial charge is 0.132 e. The number of rotatable bonds is 6. The molecule has 7 heteroatoms. The number of aryl methyl sites for hydroxylation is 2. The zero-order valence-electron chi connectivity index (χ0n) is 17.6. The van der Waals surface area contributed by atoms with E-state index in [-0.39, 0.29) is 0 Å². The van der Waals surface area contributed by atoms with Crippen LogP contribution < -0.4 is 10.2 Å². The van der Waals surface area contributed by atoms with Crippen LogP contribution in [0.4, 0.5) is 17.3 Å². The number of anilines is 3. The molecule has 29 heavy (non-hydrogen) atoms. The summed E-state index contributed by atoms with van der Waals surface area (Å²) in [7, 11) is 3.95. The Morgan fingerprint density at radius 2 is 1.86 bits per heavy atom. The number of nitrogens with one attached hydrogen (secondary N) is 1. The van der Waals surface area contributed by atoms with Crippen LogP contribution in [-0.4, -0.2) is 36.9 Å². The van der Waals surface area contributed by atoms with Gasteiger partial charge in [0.1, 0.15) is 11.6 Å². The molecule has 4 heterocycles. The highest BCUT2D eigenvalue weighted by Gasteiger charge is 2.13. The second kappa shape index (κ2) is 7.58. The molecule has 0 atom stereocenters. The molecule has 0 unspecified atom stereocenters. The maximum Gasteiger partial charge on any atom is 0.132 e. The largest absolute Gasteiger partial charge is 0.368 e. The van der Waals surface area contributed by atoms with Crippen LogP contribution in [0.2, 0.25) is 0 Å². The predicted molar refractivity (Wildman–Crippen MR) is 119 cm³/mol. The van der Waals surface area contributed by atoms with E-state index in [2.05, 4.69) is 64.0 Å². The molecule has 0 saturated heterocycles. The van der Waals surface area contributed by atoms with Crippen LogP contribution in [0.1, 0.15) is 20.8 Å². The molecule has 150 valence electrons. The number of nitrogens with zero attached hydrogens (tertiary/aromatic N) is 6. The Hall–Kier alpha value is -3.35. The Bertz CT molecular complexity index is 1140. The summed E-state index contributed by atoms with van der Waals surface area (Å²) < 4.78 is 3.88. The molecule has 0 amide bonds. The highest BCUT2D eigenvalue weighted by atomic mass is 15.2. The van der Waals surface area contributed by atoms with Crippen molar-refractivity contribution in [2.45, 2.75) is 26.8 Å². The Labute approximate surface area is 171 Å². The molecular formula is C22H27N7. The van der Waals surface area contributed by atoms with Gasteiger partial charge in [0.15, 0.2) is 0 Å². The minimum Gasteiger partial charge on any atom is -0.368 e. The van der Waals surface area contributed by atoms with E-state index in [1.165, 1.54) is 5.69 Å². The van der Waals surface area contributed by atoms with Crippen molar-refractivity contribution in [1.29, 1.82) is 0 Å². The van der Waals surface area contributed by atoms with Gasteiger partial charge in [-0.3, -0.25) is 9.67 Å². The molecule has 7 nitrogen and oxygen atoms in total. The van der Waals surface area contributed by atoms with E-state index in [0.29, 0.717) is 6.04 Å². The van der Waals surface area contributed by atoms with E-state index in [1.54, 1.807) is 4.68 Å². The molecule has 4 aromatic heterocycles. The maximum absolute atomic E-state index is 4.79. The SMILES string of the molecule is CCN(c1cc(Nc2ccc3ncc(-c4cnn(C)c4)cc3n2)n(C)c1)C(C)C. The zero-order chi connectivity index (χ0) is 20.5. The van der Waals surface area contributed by atoms with Gasteiger partial charge in [-0.2, -0.15) is 5.10 Å². The summed E-state index contributed by atoms with van der Waals surface area (Å²) >= 11 is 0. The van der Waals surface area contributed by atoms with Crippen molar-refractivity contribution in [3.8, 4) is 11.1 Å². The Kier molecular flexibility index (Phi) is 4.96. The number of fused-ring (bicyclic) bond motifs is 1. The van der Waals surface area contributed by atoms with E-state index >= 15 is 0 Å². The van der Waals surface area contributed by atoms with Gasteiger partial charge in [-0.1, -0.05) is 0 Å². The Morgan fingerprint density at radius 3 is 2.55 bits per heavy atom. The van der Waals surface area contributed by atoms with Gasteiger partial charge < -0.3 is 14.8 Å². The van der Waals surface area contributed by atoms with Crippen LogP contribution in [0.5, 0.6) is 0 Å². The van der Waals surface area contributed by atoms with Gasteiger partial charge in [-0.05, 0) is 39.0 Å². The van der Waals surface area contributed by atoms with Crippen LogP contribution >= 0.6 is 0 Å². The highest BCUT2D eigenvalue weighted by Crippen LogP contribution is 2.27. The van der Waals surface area contributed by atoms with Crippen LogP contribution in [0.3, 0.4) is 0 Å². The third-order valence-electron chi connectivity index (χ3n) is 5.12. The van der Waals surface area contributed by atoms with Crippen molar-refractivity contribution < 1.29 is 0 Å². The third-order valence-corrected chi connectivity index (χ3v) is 5.12. The van der Waals surface area contributed by atoms with Crippen LogP contribution in [0.25, 0.3) is 22.2 Å². The van der Waals surface area contributed by atoms with Gasteiger partial charge in [0.05, 0.1) is 22.9 Å². The standard InChI is InChI=1S/C22H27N7/c1-6-29(15(2)3)18-10-22(27(4)14-18)26-21-8-7-19-20(25-21)9-16(11-23-19)17-12-24-28(5)13-17/h7-15H,6H2,1-5H3,(H,25,26). The van der Waals surface area contributed by atoms with Gasteiger partial charge in [0, 0.05) is 62.5 Å². The summed E-state index contributed by atoms with van der Waals surface area (Å²) in [6, 6.07) is 8.63. The topological polar surface area (TPSA) is 63.8 Å². The highest BCUT2D eigenvalue weighted by molar-refractivity contribution is 5.81. The van der Waals surface area contributed by atoms with Gasteiger partial charge in [0.25, 0.3) is 0 Å². The summed E-state index contributed by atoms with van der Waals surface area (Å²) in [4.78, 5) is 11.7. The number of hydrogen-bond donors (Lipinski definition) is 1. The lowest BCUT2D eigenvalue weighted by Crippen LogP contribution is -2.29. The molecular weight excluding hydrogens is 362 g/mol. The predicted octanol–water partition coefficient (Wildman–Crippen LogP) is 4.35. The first-order valence-corrected chi connectivity index (χ1v) is 9.90. The third kappa shape index (κ3) is 3.81. The van der Waals surface area contributed by atoms with Gasteiger partial charge >= 0.3 is 0 Å². The lowest BCUT2D eigenvalue weighted by Gasteiger charge is -2.25. The van der Waals surface area contributed by atoms with E-state index in [0.717, 1.165) is 40.3 Å². The molecule has 0 radical (unpaired) electrons. The van der Waals surface area contributed by atoms with Gasteiger partial charge in [-0.15, -0.1) is 0 Å². The first-order valence-electron chi connectivity index (χ1n) is 9.90. The number of pyridine rings is 2. The first kappa shape index (κ1) is 19.0. The molecule has 0 bridgehead atoms. The molecule has 4 rings (SSSR count). The second-order valence-electron chi connectivity index (χ2n) is 7.56. The van der Waals surface area contributed by atoms with E-state index in [4.69, 9.17) is 4.98 Å². The second-order valence-corrected chi connectivity index (χ2v) is 7.56. The molecule has 0 saturated carbocycles. The monoisotopic (exact) mass is 389 g/mol. The molecule has 0 spiro atoms. The molecule has 0 aromatic carbocycles. The first-order chi connectivity index (χ1) is 13.9. The van der Waals surface area contributed by atoms with Gasteiger partial charge in [0.2, 0.25) is 0 Å². The summed E-state index contributed by atoms with van der Waals surface area (Å²) in [5.74, 6) is 1.80. The van der Waals surface area contributed by atoms with E-state index in [1.807, 2.05) is 44.8 Å². The fraction of sp³-hybridized carbons (Fsp3) is 0.318. The van der Waals surface area contributed by atoms with E-state index in [9.17, 15) is 0 Å². The van der Waals surface area contributed by atoms with Gasteiger partial charge in [-0.25, -0.2) is 4.98 Å². The molecule has 4 aromatic rings. The van der Waals surface area contributed by atoms with Crippen molar-refractivity contribution in [2.75, 3.05) is 16.8 Å². The van der Waals surface area contributed by atoms with E-state index < -0.39 is 0 Å². The minimum absolute atomic E-state index is 0.450. The molecule has 1 N–H and O–H groups in total. The van der Waals surface area contributed by atoms with Crippen LogP contribution in [0.15, 0.2) is 49.1 Å². The molecule has 0 aliphatic rings. The Morgan fingerprint density at radius 1 is 1.03 bits per heavy atom. The zero-order valence-corrected chi connectivity index (χ0v) is 17.6. The molecule has 0 aliphatic carbocycles. The van der Waals surface area contributed by atoms with Crippen molar-refractivity contribution >= 4 is 28.4 Å². The summed E-state index contributed by atoms with van der Waals surface area (Å²) in [5.41, 5.74) is 4.96. The average Bonchev–Trinajstić information content (AvgIpc) is 3.27. The fourth-order valence-electron chi connectivity index (χ4n) is 3.61. The van der Waals surface area contributed by atoms with Crippen molar-refractivity contribution in [3.05, 3.63) is 49.1 Å². The van der Waals surface area contributed by atoms with Crippen LogP contribution in [0, 0.1) is 0 Å². The lowest BCUT2D eigenvalue weighted by atomic mass is 10.1. The van der Waals surface area contributed by atoms with Crippen molar-refractivity contribution in [1.82, 2.24) is 24.3 Å². The normalized spacial score (nSPS) is 11.4. The molecule has 0 aliphatic heterocycles. The minimum atomic E-state index is 0.450. The van der Waals surface area contributed by atoms with Crippen molar-refractivity contribution in [3.63, 3.8) is 0 Å². The quantitative estimate of drug-likeness (QED) is 0.531. The summed E-state index contributed by atoms with van der Waals surface area (Å²) in [6.07, 6.45) is 7.83. The molecule has 0 fully saturated rings. The van der Waals surface area contributed by atoms with Crippen molar-refractivity contribution in [2.24, 2.45) is 14.1 Å². The fourth-order valence-corrected chi connectivity index (χ4v) is 3.61. The summed E-state index contributed by atoms with van der Waals surface area (Å²) in [6.45, 7) is 7.57.